The molecule has 0 aliphatic heterocycles. The standard InChI is InChI=1S/C34H32BrFN4O3S/c1-4-31(34(43)38-29-18-15-24(35)20-28(29)36)44-27-12-8-11-25(21-27)37-33(42)30(39-32(41)23-9-6-5-7-10-23)19-22-13-16-26(17-14-22)40(2)3/h5-21,31H,4H2,1-3H3,(H,37,42)(H,38,43)(H,39,41)/b30-19+. The average Bonchev–Trinajstić information content (AvgIpc) is 3.01. The molecule has 0 saturated carbocycles. The minimum Gasteiger partial charge on any atom is -0.378 e. The number of nitrogens with one attached hydrogen (secondary N) is 3. The number of carbonyl (C=O) groups excluding carboxylic acids is 3. The van der Waals surface area contributed by atoms with Crippen molar-refractivity contribution in [3.63, 3.8) is 0 Å². The molecule has 226 valence electrons. The van der Waals surface area contributed by atoms with Crippen molar-refractivity contribution in [1.29, 1.82) is 0 Å². The van der Waals surface area contributed by atoms with Crippen molar-refractivity contribution in [3.8, 4) is 0 Å². The zero-order valence-corrected chi connectivity index (χ0v) is 26.8. The Morgan fingerprint density at radius 1 is 0.909 bits per heavy atom. The third-order valence-electron chi connectivity index (χ3n) is 6.47. The van der Waals surface area contributed by atoms with Crippen LogP contribution in [0.15, 0.2) is 112 Å². The lowest BCUT2D eigenvalue weighted by Gasteiger charge is -2.16. The van der Waals surface area contributed by atoms with Crippen LogP contribution in [-0.4, -0.2) is 37.1 Å². The fourth-order valence-electron chi connectivity index (χ4n) is 4.11. The Bertz CT molecular complexity index is 1660. The summed E-state index contributed by atoms with van der Waals surface area (Å²) in [5.74, 6) is -1.79. The molecular weight excluding hydrogens is 643 g/mol. The Labute approximate surface area is 269 Å². The number of rotatable bonds is 11. The van der Waals surface area contributed by atoms with E-state index in [0.717, 1.165) is 16.1 Å². The SMILES string of the molecule is CCC(Sc1cccc(NC(=O)/C(=C\c2ccc(N(C)C)cc2)NC(=O)c2ccccc2)c1)C(=O)Nc1ccc(Br)cc1F. The first kappa shape index (κ1) is 32.5. The molecule has 3 N–H and O–H groups in total. The second-order valence-electron chi connectivity index (χ2n) is 9.97. The van der Waals surface area contributed by atoms with E-state index in [1.807, 2.05) is 62.3 Å². The predicted molar refractivity (Wildman–Crippen MR) is 180 cm³/mol. The molecule has 0 radical (unpaired) electrons. The molecule has 0 fully saturated rings. The van der Waals surface area contributed by atoms with Gasteiger partial charge < -0.3 is 20.9 Å². The normalized spacial score (nSPS) is 11.8. The van der Waals surface area contributed by atoms with Crippen LogP contribution in [-0.2, 0) is 9.59 Å². The molecule has 0 heterocycles. The number of halogens is 2. The van der Waals surface area contributed by atoms with E-state index in [9.17, 15) is 18.8 Å². The van der Waals surface area contributed by atoms with Gasteiger partial charge in [-0.05, 0) is 78.7 Å². The van der Waals surface area contributed by atoms with Crippen LogP contribution in [0.25, 0.3) is 6.08 Å². The molecule has 0 spiro atoms. The maximum absolute atomic E-state index is 14.3. The van der Waals surface area contributed by atoms with Gasteiger partial charge in [0.15, 0.2) is 0 Å². The molecule has 0 aromatic heterocycles. The highest BCUT2D eigenvalue weighted by Crippen LogP contribution is 2.29. The summed E-state index contributed by atoms with van der Waals surface area (Å²) in [4.78, 5) is 42.1. The molecule has 3 amide bonds. The monoisotopic (exact) mass is 674 g/mol. The van der Waals surface area contributed by atoms with Crippen LogP contribution in [0.4, 0.5) is 21.5 Å². The van der Waals surface area contributed by atoms with Crippen LogP contribution in [0, 0.1) is 5.82 Å². The van der Waals surface area contributed by atoms with Crippen molar-refractivity contribution in [2.24, 2.45) is 0 Å². The third-order valence-corrected chi connectivity index (χ3v) is 8.32. The number of hydrogen-bond acceptors (Lipinski definition) is 5. The van der Waals surface area contributed by atoms with Gasteiger partial charge in [-0.2, -0.15) is 0 Å². The van der Waals surface area contributed by atoms with Gasteiger partial charge in [-0.25, -0.2) is 4.39 Å². The highest BCUT2D eigenvalue weighted by Gasteiger charge is 2.20. The Balaban J connectivity index is 1.51. The molecule has 0 saturated heterocycles. The smallest absolute Gasteiger partial charge is 0.272 e. The highest BCUT2D eigenvalue weighted by molar-refractivity contribution is 9.10. The van der Waals surface area contributed by atoms with Gasteiger partial charge in [-0.15, -0.1) is 11.8 Å². The van der Waals surface area contributed by atoms with Crippen LogP contribution in [0.3, 0.4) is 0 Å². The van der Waals surface area contributed by atoms with Crippen LogP contribution >= 0.6 is 27.7 Å². The largest absolute Gasteiger partial charge is 0.378 e. The van der Waals surface area contributed by atoms with Gasteiger partial charge in [0.1, 0.15) is 11.5 Å². The summed E-state index contributed by atoms with van der Waals surface area (Å²) in [7, 11) is 3.88. The van der Waals surface area contributed by atoms with Gasteiger partial charge in [-0.3, -0.25) is 14.4 Å². The Kier molecular flexibility index (Phi) is 11.3. The lowest BCUT2D eigenvalue weighted by molar-refractivity contribution is -0.116. The molecular formula is C34H32BrFN4O3S. The number of amides is 3. The second kappa shape index (κ2) is 15.4. The van der Waals surface area contributed by atoms with E-state index in [1.165, 1.54) is 23.9 Å². The van der Waals surface area contributed by atoms with E-state index in [1.54, 1.807) is 54.6 Å². The van der Waals surface area contributed by atoms with Gasteiger partial charge in [0, 0.05) is 40.4 Å². The summed E-state index contributed by atoms with van der Waals surface area (Å²) in [6.45, 7) is 1.87. The van der Waals surface area contributed by atoms with Crippen LogP contribution in [0.1, 0.15) is 29.3 Å². The molecule has 1 atom stereocenters. The molecule has 1 unspecified atom stereocenters. The van der Waals surface area contributed by atoms with Gasteiger partial charge in [0.05, 0.1) is 10.9 Å². The molecule has 0 aliphatic rings. The van der Waals surface area contributed by atoms with E-state index in [0.29, 0.717) is 22.1 Å². The summed E-state index contributed by atoms with van der Waals surface area (Å²) in [5, 5.41) is 7.77. The summed E-state index contributed by atoms with van der Waals surface area (Å²) >= 11 is 4.52. The van der Waals surface area contributed by atoms with Gasteiger partial charge >= 0.3 is 0 Å². The average molecular weight is 676 g/mol. The minimum atomic E-state index is -0.533. The molecule has 4 aromatic rings. The number of anilines is 3. The van der Waals surface area contributed by atoms with Gasteiger partial charge in [0.2, 0.25) is 5.91 Å². The molecule has 4 rings (SSSR count). The molecule has 44 heavy (non-hydrogen) atoms. The van der Waals surface area contributed by atoms with Crippen molar-refractivity contribution in [3.05, 3.63) is 124 Å². The van der Waals surface area contributed by atoms with Gasteiger partial charge in [0.25, 0.3) is 11.8 Å². The highest BCUT2D eigenvalue weighted by atomic mass is 79.9. The molecule has 7 nitrogen and oxygen atoms in total. The maximum Gasteiger partial charge on any atom is 0.272 e. The number of thioether (sulfide) groups is 1. The Hall–Kier alpha value is -4.41. The van der Waals surface area contributed by atoms with Crippen LogP contribution in [0.5, 0.6) is 0 Å². The maximum atomic E-state index is 14.3. The van der Waals surface area contributed by atoms with E-state index >= 15 is 0 Å². The van der Waals surface area contributed by atoms with Crippen molar-refractivity contribution in [1.82, 2.24) is 5.32 Å². The first-order valence-electron chi connectivity index (χ1n) is 13.8. The number of hydrogen-bond donors (Lipinski definition) is 3. The molecule has 4 aromatic carbocycles. The fourth-order valence-corrected chi connectivity index (χ4v) is 5.46. The van der Waals surface area contributed by atoms with Gasteiger partial charge in [-0.1, -0.05) is 59.3 Å². The van der Waals surface area contributed by atoms with Crippen LogP contribution < -0.4 is 20.9 Å². The van der Waals surface area contributed by atoms with Crippen molar-refractivity contribution in [2.75, 3.05) is 29.6 Å². The van der Waals surface area contributed by atoms with Crippen molar-refractivity contribution < 1.29 is 18.8 Å². The first-order chi connectivity index (χ1) is 21.1. The van der Waals surface area contributed by atoms with Crippen molar-refractivity contribution in [2.45, 2.75) is 23.5 Å². The topological polar surface area (TPSA) is 90.5 Å². The predicted octanol–water partition coefficient (Wildman–Crippen LogP) is 7.57. The molecule has 0 aliphatic carbocycles. The summed E-state index contributed by atoms with van der Waals surface area (Å²) in [6, 6.07) is 27.7. The van der Waals surface area contributed by atoms with Crippen LogP contribution in [0.2, 0.25) is 0 Å². The number of carbonyl (C=O) groups is 3. The van der Waals surface area contributed by atoms with E-state index < -0.39 is 22.9 Å². The lowest BCUT2D eigenvalue weighted by Crippen LogP contribution is -2.30. The number of nitrogens with zero attached hydrogens (tertiary/aromatic N) is 1. The third kappa shape index (κ3) is 9.05. The molecule has 0 bridgehead atoms. The van der Waals surface area contributed by atoms with E-state index in [-0.39, 0.29) is 17.3 Å². The number of benzene rings is 4. The zero-order chi connectivity index (χ0) is 31.6. The van der Waals surface area contributed by atoms with E-state index in [4.69, 9.17) is 0 Å². The zero-order valence-electron chi connectivity index (χ0n) is 24.4. The fraction of sp³-hybridized carbons (Fsp3) is 0.147. The van der Waals surface area contributed by atoms with Crippen molar-refractivity contribution >= 4 is 68.6 Å². The minimum absolute atomic E-state index is 0.0665. The van der Waals surface area contributed by atoms with E-state index in [2.05, 4.69) is 31.9 Å². The summed E-state index contributed by atoms with van der Waals surface area (Å²) in [6.07, 6.45) is 2.11. The second-order valence-corrected chi connectivity index (χ2v) is 12.2. The summed E-state index contributed by atoms with van der Waals surface area (Å²) < 4.78 is 14.9. The molecule has 10 heteroatoms. The summed E-state index contributed by atoms with van der Waals surface area (Å²) in [5.41, 5.74) is 2.80. The lowest BCUT2D eigenvalue weighted by atomic mass is 10.1. The quantitative estimate of drug-likeness (QED) is 0.113. The Morgan fingerprint density at radius 3 is 2.30 bits per heavy atom. The first-order valence-corrected chi connectivity index (χ1v) is 15.5. The Morgan fingerprint density at radius 2 is 1.64 bits per heavy atom.